The normalized spacial score (nSPS) is 12.2. The fourth-order valence-electron chi connectivity index (χ4n) is 2.79. The van der Waals surface area contributed by atoms with Crippen molar-refractivity contribution in [2.24, 2.45) is 0 Å². The lowest BCUT2D eigenvalue weighted by Crippen LogP contribution is -2.30. The van der Waals surface area contributed by atoms with Gasteiger partial charge in [-0.15, -0.1) is 10.2 Å². The molecule has 0 aliphatic carbocycles. The van der Waals surface area contributed by atoms with Gasteiger partial charge < -0.3 is 14.7 Å². The summed E-state index contributed by atoms with van der Waals surface area (Å²) in [6, 6.07) is 15.3. The topological polar surface area (TPSA) is 83.8 Å². The number of hydrogen-bond acceptors (Lipinski definition) is 5. The number of amides is 1. The van der Waals surface area contributed by atoms with E-state index in [1.165, 1.54) is 11.8 Å². The molecule has 4 aromatic rings. The minimum absolute atomic E-state index is 0.128. The molecule has 28 heavy (non-hydrogen) atoms. The van der Waals surface area contributed by atoms with E-state index >= 15 is 0 Å². The standard InChI is InChI=1S/C20H17ClN4O2S/c1-12(18(26)23-10-13-6-2-4-8-16(13)21)28-20-25-24-19(27-20)15-11-22-17-9-5-3-7-14(15)17/h2-9,11-12,22H,10H2,1H3,(H,23,26)/t12-/m0/s1. The van der Waals surface area contributed by atoms with Crippen LogP contribution in [0.3, 0.4) is 0 Å². The van der Waals surface area contributed by atoms with Crippen molar-refractivity contribution in [2.75, 3.05) is 0 Å². The molecule has 0 saturated heterocycles. The van der Waals surface area contributed by atoms with Crippen LogP contribution in [0.1, 0.15) is 12.5 Å². The lowest BCUT2D eigenvalue weighted by Gasteiger charge is -2.10. The predicted molar refractivity (Wildman–Crippen MR) is 110 cm³/mol. The largest absolute Gasteiger partial charge is 0.411 e. The molecule has 0 unspecified atom stereocenters. The Hall–Kier alpha value is -2.77. The van der Waals surface area contributed by atoms with E-state index in [0.717, 1.165) is 22.0 Å². The first-order valence-corrected chi connectivity index (χ1v) is 9.95. The average molecular weight is 413 g/mol. The highest BCUT2D eigenvalue weighted by Gasteiger charge is 2.19. The monoisotopic (exact) mass is 412 g/mol. The molecular weight excluding hydrogens is 396 g/mol. The molecule has 0 fully saturated rings. The second-order valence-corrected chi connectivity index (χ2v) is 7.89. The summed E-state index contributed by atoms with van der Waals surface area (Å²) in [7, 11) is 0. The molecule has 142 valence electrons. The summed E-state index contributed by atoms with van der Waals surface area (Å²) in [5, 5.41) is 12.7. The number of H-pyrrole nitrogens is 1. The van der Waals surface area contributed by atoms with Gasteiger partial charge >= 0.3 is 0 Å². The SMILES string of the molecule is C[C@H](Sc1nnc(-c2c[nH]c3ccccc23)o1)C(=O)NCc1ccccc1Cl. The highest BCUT2D eigenvalue weighted by Crippen LogP contribution is 2.30. The van der Waals surface area contributed by atoms with E-state index in [4.69, 9.17) is 16.0 Å². The minimum Gasteiger partial charge on any atom is -0.411 e. The Morgan fingerprint density at radius 3 is 2.86 bits per heavy atom. The van der Waals surface area contributed by atoms with Gasteiger partial charge in [0.05, 0.1) is 10.8 Å². The number of thioether (sulfide) groups is 1. The highest BCUT2D eigenvalue weighted by molar-refractivity contribution is 8.00. The van der Waals surface area contributed by atoms with Gasteiger partial charge in [0, 0.05) is 28.7 Å². The Morgan fingerprint density at radius 1 is 1.21 bits per heavy atom. The maximum absolute atomic E-state index is 12.4. The zero-order chi connectivity index (χ0) is 19.5. The zero-order valence-corrected chi connectivity index (χ0v) is 16.6. The third-order valence-electron chi connectivity index (χ3n) is 4.28. The van der Waals surface area contributed by atoms with Crippen molar-refractivity contribution in [1.29, 1.82) is 0 Å². The molecule has 0 aliphatic heterocycles. The van der Waals surface area contributed by atoms with Crippen LogP contribution in [0.2, 0.25) is 5.02 Å². The van der Waals surface area contributed by atoms with E-state index < -0.39 is 5.25 Å². The Kier molecular flexibility index (Phi) is 5.36. The summed E-state index contributed by atoms with van der Waals surface area (Å²) in [5.74, 6) is 0.292. The van der Waals surface area contributed by atoms with E-state index in [1.54, 1.807) is 13.0 Å². The fourth-order valence-corrected chi connectivity index (χ4v) is 3.70. The number of benzene rings is 2. The van der Waals surface area contributed by atoms with Gasteiger partial charge in [0.25, 0.3) is 11.1 Å². The molecule has 0 bridgehead atoms. The van der Waals surface area contributed by atoms with Crippen LogP contribution >= 0.6 is 23.4 Å². The Bertz CT molecular complexity index is 1120. The lowest BCUT2D eigenvalue weighted by atomic mass is 10.2. The van der Waals surface area contributed by atoms with Crippen LogP contribution in [0, 0.1) is 0 Å². The van der Waals surface area contributed by atoms with Crippen LogP contribution in [0.5, 0.6) is 0 Å². The van der Waals surface area contributed by atoms with Gasteiger partial charge in [0.15, 0.2) is 0 Å². The number of para-hydroxylation sites is 1. The number of aromatic amines is 1. The fraction of sp³-hybridized carbons (Fsp3) is 0.150. The molecule has 6 nitrogen and oxygen atoms in total. The van der Waals surface area contributed by atoms with Gasteiger partial charge in [-0.05, 0) is 24.6 Å². The van der Waals surface area contributed by atoms with E-state index in [-0.39, 0.29) is 5.91 Å². The van der Waals surface area contributed by atoms with Crippen molar-refractivity contribution in [3.05, 3.63) is 65.3 Å². The summed E-state index contributed by atoms with van der Waals surface area (Å²) in [6.45, 7) is 2.16. The van der Waals surface area contributed by atoms with Crippen LogP contribution in [-0.2, 0) is 11.3 Å². The summed E-state index contributed by atoms with van der Waals surface area (Å²) in [5.41, 5.74) is 2.71. The lowest BCUT2D eigenvalue weighted by molar-refractivity contribution is -0.120. The Balaban J connectivity index is 1.40. The summed E-state index contributed by atoms with van der Waals surface area (Å²) < 4.78 is 5.76. The van der Waals surface area contributed by atoms with Gasteiger partial charge in [-0.25, -0.2) is 0 Å². The molecule has 2 heterocycles. The van der Waals surface area contributed by atoms with Crippen molar-refractivity contribution < 1.29 is 9.21 Å². The second-order valence-electron chi connectivity index (χ2n) is 6.19. The van der Waals surface area contributed by atoms with E-state index in [2.05, 4.69) is 20.5 Å². The quantitative estimate of drug-likeness (QED) is 0.449. The second kappa shape index (κ2) is 8.08. The molecule has 8 heteroatoms. The molecule has 1 atom stereocenters. The Morgan fingerprint density at radius 2 is 2.00 bits per heavy atom. The number of carbonyl (C=O) groups excluding carboxylic acids is 1. The van der Waals surface area contributed by atoms with Crippen LogP contribution < -0.4 is 5.32 Å². The number of rotatable bonds is 6. The minimum atomic E-state index is -0.390. The van der Waals surface area contributed by atoms with Gasteiger partial charge in [-0.1, -0.05) is 59.8 Å². The van der Waals surface area contributed by atoms with Gasteiger partial charge in [0.1, 0.15) is 0 Å². The number of aromatic nitrogens is 3. The zero-order valence-electron chi connectivity index (χ0n) is 15.0. The van der Waals surface area contributed by atoms with E-state index in [1.807, 2.05) is 48.7 Å². The van der Waals surface area contributed by atoms with Gasteiger partial charge in [-0.3, -0.25) is 4.79 Å². The smallest absolute Gasteiger partial charge is 0.277 e. The molecule has 0 saturated carbocycles. The third-order valence-corrected chi connectivity index (χ3v) is 5.59. The number of nitrogens with one attached hydrogen (secondary N) is 2. The first-order valence-electron chi connectivity index (χ1n) is 8.69. The molecular formula is C20H17ClN4O2S. The number of carbonyl (C=O) groups is 1. The first kappa shape index (κ1) is 18.6. The molecule has 0 spiro atoms. The van der Waals surface area contributed by atoms with Crippen molar-refractivity contribution in [3.63, 3.8) is 0 Å². The van der Waals surface area contributed by atoms with Crippen molar-refractivity contribution in [1.82, 2.24) is 20.5 Å². The van der Waals surface area contributed by atoms with Crippen molar-refractivity contribution in [2.45, 2.75) is 23.9 Å². The van der Waals surface area contributed by atoms with Crippen LogP contribution in [0.4, 0.5) is 0 Å². The molecule has 1 amide bonds. The molecule has 4 rings (SSSR count). The number of hydrogen-bond donors (Lipinski definition) is 2. The maximum atomic E-state index is 12.4. The molecule has 2 N–H and O–H groups in total. The number of nitrogens with zero attached hydrogens (tertiary/aromatic N) is 2. The van der Waals surface area contributed by atoms with Gasteiger partial charge in [0.2, 0.25) is 5.91 Å². The van der Waals surface area contributed by atoms with Crippen LogP contribution in [0.25, 0.3) is 22.4 Å². The molecule has 0 aliphatic rings. The van der Waals surface area contributed by atoms with E-state index in [0.29, 0.717) is 22.7 Å². The van der Waals surface area contributed by atoms with Gasteiger partial charge in [-0.2, -0.15) is 0 Å². The Labute approximate surface area is 170 Å². The van der Waals surface area contributed by atoms with Crippen molar-refractivity contribution >= 4 is 40.2 Å². The molecule has 2 aromatic heterocycles. The predicted octanol–water partition coefficient (Wildman–Crippen LogP) is 4.67. The summed E-state index contributed by atoms with van der Waals surface area (Å²) in [4.78, 5) is 15.6. The van der Waals surface area contributed by atoms with Crippen LogP contribution in [0.15, 0.2) is 64.4 Å². The summed E-state index contributed by atoms with van der Waals surface area (Å²) in [6.07, 6.45) is 1.84. The average Bonchev–Trinajstić information content (AvgIpc) is 3.33. The van der Waals surface area contributed by atoms with Crippen LogP contribution in [-0.4, -0.2) is 26.3 Å². The maximum Gasteiger partial charge on any atom is 0.277 e. The number of halogens is 1. The summed E-state index contributed by atoms with van der Waals surface area (Å²) >= 11 is 7.34. The third kappa shape index (κ3) is 3.90. The van der Waals surface area contributed by atoms with Crippen molar-refractivity contribution in [3.8, 4) is 11.5 Å². The first-order chi connectivity index (χ1) is 13.6. The molecule has 2 aromatic carbocycles. The number of fused-ring (bicyclic) bond motifs is 1. The van der Waals surface area contributed by atoms with E-state index in [9.17, 15) is 4.79 Å². The highest BCUT2D eigenvalue weighted by atomic mass is 35.5. The molecule has 0 radical (unpaired) electrons.